The van der Waals surface area contributed by atoms with Crippen LogP contribution in [0.2, 0.25) is 10.0 Å². The molecule has 0 heterocycles. The number of hydrogen-bond acceptors (Lipinski definition) is 4. The third-order valence-corrected chi connectivity index (χ3v) is 5.61. The lowest BCUT2D eigenvalue weighted by Crippen LogP contribution is -2.23. The third-order valence-electron chi connectivity index (χ3n) is 3.62. The number of benzene rings is 2. The van der Waals surface area contributed by atoms with Crippen LogP contribution >= 0.6 is 23.2 Å². The second kappa shape index (κ2) is 9.41. The van der Waals surface area contributed by atoms with E-state index >= 15 is 0 Å². The van der Waals surface area contributed by atoms with Gasteiger partial charge in [-0.1, -0.05) is 36.2 Å². The highest BCUT2D eigenvalue weighted by Gasteiger charge is 2.18. The lowest BCUT2D eigenvalue weighted by molar-refractivity contribution is -0.115. The summed E-state index contributed by atoms with van der Waals surface area (Å²) < 4.78 is 33.2. The Morgan fingerprint density at radius 2 is 1.85 bits per heavy atom. The van der Waals surface area contributed by atoms with Gasteiger partial charge >= 0.3 is 0 Å². The number of nitrogens with one attached hydrogen (secondary N) is 2. The number of ether oxygens (including phenoxy) is 1. The number of carbonyl (C=O) groups is 1. The molecule has 0 saturated heterocycles. The summed E-state index contributed by atoms with van der Waals surface area (Å²) in [4.78, 5) is 11.7. The van der Waals surface area contributed by atoms with E-state index in [1.807, 2.05) is 0 Å². The first kappa shape index (κ1) is 21.5. The van der Waals surface area contributed by atoms with Crippen molar-refractivity contribution in [2.45, 2.75) is 31.7 Å². The van der Waals surface area contributed by atoms with Crippen molar-refractivity contribution in [3.63, 3.8) is 0 Å². The fourth-order valence-electron chi connectivity index (χ4n) is 2.22. The maximum Gasteiger partial charge on any atom is 0.240 e. The summed E-state index contributed by atoms with van der Waals surface area (Å²) in [6.45, 7) is 3.89. The molecule has 0 aliphatic rings. The topological polar surface area (TPSA) is 84.5 Å². The molecule has 0 radical (unpaired) electrons. The van der Waals surface area contributed by atoms with Crippen molar-refractivity contribution < 1.29 is 17.9 Å². The average molecular weight is 431 g/mol. The van der Waals surface area contributed by atoms with Gasteiger partial charge in [-0.15, -0.1) is 0 Å². The average Bonchev–Trinajstić information content (AvgIpc) is 2.62. The third kappa shape index (κ3) is 5.84. The van der Waals surface area contributed by atoms with Crippen molar-refractivity contribution in [3.05, 3.63) is 52.0 Å². The molecule has 6 nitrogen and oxygen atoms in total. The number of rotatable bonds is 8. The van der Waals surface area contributed by atoms with Crippen LogP contribution < -0.4 is 14.8 Å². The molecule has 9 heteroatoms. The highest BCUT2D eigenvalue weighted by atomic mass is 35.5. The number of carbonyl (C=O) groups excluding carboxylic acids is 1. The van der Waals surface area contributed by atoms with E-state index in [-0.39, 0.29) is 23.8 Å². The first-order valence-electron chi connectivity index (χ1n) is 8.27. The normalized spacial score (nSPS) is 11.3. The van der Waals surface area contributed by atoms with Crippen LogP contribution in [0.15, 0.2) is 41.3 Å². The van der Waals surface area contributed by atoms with E-state index in [1.165, 1.54) is 18.2 Å². The summed E-state index contributed by atoms with van der Waals surface area (Å²) >= 11 is 11.9. The van der Waals surface area contributed by atoms with E-state index in [1.54, 1.807) is 32.0 Å². The quantitative estimate of drug-likeness (QED) is 0.656. The number of sulfonamides is 1. The Kier molecular flexibility index (Phi) is 7.49. The predicted octanol–water partition coefficient (Wildman–Crippen LogP) is 4.22. The second-order valence-corrected chi connectivity index (χ2v) is 8.16. The van der Waals surface area contributed by atoms with Gasteiger partial charge in [-0.05, 0) is 42.8 Å². The van der Waals surface area contributed by atoms with Crippen molar-refractivity contribution in [1.82, 2.24) is 4.72 Å². The van der Waals surface area contributed by atoms with Gasteiger partial charge < -0.3 is 10.1 Å². The first-order valence-corrected chi connectivity index (χ1v) is 10.5. The Morgan fingerprint density at radius 3 is 2.48 bits per heavy atom. The molecule has 0 spiro atoms. The van der Waals surface area contributed by atoms with Crippen molar-refractivity contribution in [3.8, 4) is 5.75 Å². The fraction of sp³-hybridized carbons (Fsp3) is 0.278. The van der Waals surface area contributed by atoms with E-state index in [4.69, 9.17) is 27.9 Å². The number of hydrogen-bond donors (Lipinski definition) is 2. The molecule has 2 aromatic rings. The number of anilines is 1. The summed E-state index contributed by atoms with van der Waals surface area (Å²) in [5.74, 6) is 0.158. The van der Waals surface area contributed by atoms with Gasteiger partial charge in [0.1, 0.15) is 5.75 Å². The summed E-state index contributed by atoms with van der Waals surface area (Å²) in [5, 5.41) is 3.49. The lowest BCUT2D eigenvalue weighted by Gasteiger charge is -2.14. The molecule has 0 aliphatic heterocycles. The van der Waals surface area contributed by atoms with E-state index in [0.29, 0.717) is 33.7 Å². The summed E-state index contributed by atoms with van der Waals surface area (Å²) in [7, 11) is -3.83. The van der Waals surface area contributed by atoms with Gasteiger partial charge in [-0.3, -0.25) is 4.79 Å². The van der Waals surface area contributed by atoms with Crippen LogP contribution in [0.5, 0.6) is 5.75 Å². The molecule has 0 atom stereocenters. The van der Waals surface area contributed by atoms with E-state index < -0.39 is 10.0 Å². The first-order chi connectivity index (χ1) is 12.8. The van der Waals surface area contributed by atoms with E-state index in [2.05, 4.69) is 10.0 Å². The smallest absolute Gasteiger partial charge is 0.240 e. The largest absolute Gasteiger partial charge is 0.492 e. The standard InChI is InChI=1S/C18H20Cl2N2O4S/c1-3-18(23)22-16-10-14(7-8-17(16)26-4-2)27(24,25)21-11-12-5-6-13(19)9-15(12)20/h5-10,21H,3-4,11H2,1-2H3,(H,22,23). The van der Waals surface area contributed by atoms with Gasteiger partial charge in [0.15, 0.2) is 0 Å². The van der Waals surface area contributed by atoms with Crippen LogP contribution in [0.4, 0.5) is 5.69 Å². The highest BCUT2D eigenvalue weighted by Crippen LogP contribution is 2.28. The molecule has 2 N–H and O–H groups in total. The van der Waals surface area contributed by atoms with Crippen LogP contribution in [0.3, 0.4) is 0 Å². The molecule has 146 valence electrons. The molecular weight excluding hydrogens is 411 g/mol. The minimum absolute atomic E-state index is 0.00218. The van der Waals surface area contributed by atoms with Crippen LogP contribution in [-0.4, -0.2) is 20.9 Å². The molecule has 2 rings (SSSR count). The maximum atomic E-state index is 12.6. The van der Waals surface area contributed by atoms with Gasteiger partial charge in [0.2, 0.25) is 15.9 Å². The summed E-state index contributed by atoms with van der Waals surface area (Å²) in [5.41, 5.74) is 0.895. The Labute approximate surface area is 168 Å². The van der Waals surface area contributed by atoms with E-state index in [0.717, 1.165) is 0 Å². The number of halogens is 2. The monoisotopic (exact) mass is 430 g/mol. The van der Waals surface area contributed by atoms with Crippen molar-refractivity contribution in [2.75, 3.05) is 11.9 Å². The minimum atomic E-state index is -3.83. The molecular formula is C18H20Cl2N2O4S. The van der Waals surface area contributed by atoms with Gasteiger partial charge in [0, 0.05) is 23.0 Å². The van der Waals surface area contributed by atoms with Crippen molar-refractivity contribution in [2.24, 2.45) is 0 Å². The number of amides is 1. The molecule has 27 heavy (non-hydrogen) atoms. The molecule has 0 fully saturated rings. The summed E-state index contributed by atoms with van der Waals surface area (Å²) in [6.07, 6.45) is 0.260. The van der Waals surface area contributed by atoms with Crippen LogP contribution in [0.1, 0.15) is 25.8 Å². The SMILES string of the molecule is CCOc1ccc(S(=O)(=O)NCc2ccc(Cl)cc2Cl)cc1NC(=O)CC. The molecule has 0 saturated carbocycles. The minimum Gasteiger partial charge on any atom is -0.492 e. The molecule has 0 bridgehead atoms. The Bertz CT molecular complexity index is 933. The molecule has 2 aromatic carbocycles. The maximum absolute atomic E-state index is 12.6. The molecule has 1 amide bonds. The van der Waals surface area contributed by atoms with Gasteiger partial charge in [-0.25, -0.2) is 13.1 Å². The van der Waals surface area contributed by atoms with Crippen molar-refractivity contribution in [1.29, 1.82) is 0 Å². The van der Waals surface area contributed by atoms with Gasteiger partial charge in [0.25, 0.3) is 0 Å². The Balaban J connectivity index is 2.26. The predicted molar refractivity (Wildman–Crippen MR) is 107 cm³/mol. The molecule has 0 aliphatic carbocycles. The zero-order chi connectivity index (χ0) is 20.0. The Hall–Kier alpha value is -1.80. The van der Waals surface area contributed by atoms with Crippen LogP contribution in [0, 0.1) is 0 Å². The lowest BCUT2D eigenvalue weighted by atomic mass is 10.2. The zero-order valence-electron chi connectivity index (χ0n) is 14.9. The van der Waals surface area contributed by atoms with Gasteiger partial charge in [0.05, 0.1) is 17.2 Å². The zero-order valence-corrected chi connectivity index (χ0v) is 17.2. The second-order valence-electron chi connectivity index (χ2n) is 5.55. The van der Waals surface area contributed by atoms with Crippen LogP contribution in [0.25, 0.3) is 0 Å². The van der Waals surface area contributed by atoms with Gasteiger partial charge in [-0.2, -0.15) is 0 Å². The molecule has 0 unspecified atom stereocenters. The van der Waals surface area contributed by atoms with Crippen LogP contribution in [-0.2, 0) is 21.4 Å². The highest BCUT2D eigenvalue weighted by molar-refractivity contribution is 7.89. The molecule has 0 aromatic heterocycles. The summed E-state index contributed by atoms with van der Waals surface area (Å²) in [6, 6.07) is 9.12. The van der Waals surface area contributed by atoms with Crippen molar-refractivity contribution >= 4 is 44.8 Å². The van der Waals surface area contributed by atoms with E-state index in [9.17, 15) is 13.2 Å². The fourth-order valence-corrected chi connectivity index (χ4v) is 3.72. The Morgan fingerprint density at radius 1 is 1.11 bits per heavy atom.